The zero-order chi connectivity index (χ0) is 19.3. The molecule has 0 radical (unpaired) electrons. The molecular weight excluding hydrogens is 324 g/mol. The highest BCUT2D eigenvalue weighted by Gasteiger charge is 2.60. The van der Waals surface area contributed by atoms with E-state index < -0.39 is 0 Å². The van der Waals surface area contributed by atoms with Gasteiger partial charge in [0.25, 0.3) is 0 Å². The van der Waals surface area contributed by atoms with Crippen LogP contribution in [0.2, 0.25) is 0 Å². The zero-order valence-electron chi connectivity index (χ0n) is 17.7. The van der Waals surface area contributed by atoms with E-state index in [2.05, 4.69) is 34.6 Å². The van der Waals surface area contributed by atoms with Gasteiger partial charge in [-0.05, 0) is 89.4 Å². The molecule has 0 aliphatic heterocycles. The number of ketones is 2. The van der Waals surface area contributed by atoms with E-state index in [1.54, 1.807) is 6.92 Å². The number of rotatable bonds is 4. The van der Waals surface area contributed by atoms with Crippen LogP contribution in [0.3, 0.4) is 0 Å². The maximum Gasteiger partial charge on any atom is 0.139 e. The number of carbonyl (C=O) groups excluding carboxylic acids is 2. The summed E-state index contributed by atoms with van der Waals surface area (Å²) in [6, 6.07) is 0. The molecule has 0 N–H and O–H groups in total. The van der Waals surface area contributed by atoms with Crippen LogP contribution in [0.1, 0.15) is 92.9 Å². The van der Waals surface area contributed by atoms with E-state index >= 15 is 0 Å². The molecule has 3 saturated carbocycles. The lowest BCUT2D eigenvalue weighted by molar-refractivity contribution is -0.157. The van der Waals surface area contributed by atoms with Crippen molar-refractivity contribution in [2.24, 2.45) is 28.6 Å². The average Bonchev–Trinajstić information content (AvgIpc) is 2.84. The number of ether oxygens (including phenoxy) is 1. The Morgan fingerprint density at radius 2 is 1.81 bits per heavy atom. The van der Waals surface area contributed by atoms with Crippen molar-refractivity contribution in [1.82, 2.24) is 0 Å². The van der Waals surface area contributed by atoms with Gasteiger partial charge in [-0.1, -0.05) is 13.8 Å². The number of hydrogen-bond acceptors (Lipinski definition) is 3. The lowest BCUT2D eigenvalue weighted by Gasteiger charge is -2.56. The lowest BCUT2D eigenvalue weighted by Crippen LogP contribution is -2.53. The van der Waals surface area contributed by atoms with Gasteiger partial charge >= 0.3 is 0 Å². The third kappa shape index (κ3) is 3.41. The second kappa shape index (κ2) is 6.72. The Balaban J connectivity index is 1.82. The van der Waals surface area contributed by atoms with Gasteiger partial charge in [-0.2, -0.15) is 0 Å². The molecule has 3 aliphatic carbocycles. The smallest absolute Gasteiger partial charge is 0.139 e. The molecule has 3 aliphatic rings. The minimum absolute atomic E-state index is 0.0993. The van der Waals surface area contributed by atoms with E-state index in [0.29, 0.717) is 42.5 Å². The molecule has 0 aromatic rings. The molecule has 0 bridgehead atoms. The molecule has 6 atom stereocenters. The predicted octanol–water partition coefficient (Wildman–Crippen LogP) is 5.35. The van der Waals surface area contributed by atoms with Gasteiger partial charge in [0.05, 0.1) is 11.7 Å². The molecule has 0 saturated heterocycles. The number of fused-ring (bicyclic) bond motifs is 3. The maximum atomic E-state index is 12.9. The molecule has 3 nitrogen and oxygen atoms in total. The van der Waals surface area contributed by atoms with Gasteiger partial charge < -0.3 is 9.53 Å². The van der Waals surface area contributed by atoms with E-state index in [1.165, 1.54) is 6.42 Å². The quantitative estimate of drug-likeness (QED) is 0.677. The molecular formula is C23H38O3. The molecule has 0 unspecified atom stereocenters. The standard InChI is InChI=1S/C23H38O3/c1-15(24)11-13-22(5)18-12-14-23(6)17(16(18)7-9-19(22)25)8-10-20(23)26-21(2,3)4/h16-18,20H,7-14H2,1-6H3/t16-,17-,18-,20-,22+,23-/m0/s1. The van der Waals surface area contributed by atoms with E-state index in [0.717, 1.165) is 32.1 Å². The summed E-state index contributed by atoms with van der Waals surface area (Å²) in [6.07, 6.45) is 8.03. The topological polar surface area (TPSA) is 43.4 Å². The molecule has 0 aromatic carbocycles. The van der Waals surface area contributed by atoms with Crippen LogP contribution < -0.4 is 0 Å². The summed E-state index contributed by atoms with van der Waals surface area (Å²) in [7, 11) is 0. The van der Waals surface area contributed by atoms with Crippen molar-refractivity contribution < 1.29 is 14.3 Å². The number of Topliss-reactive ketones (excluding diaryl/α,β-unsaturated/α-hetero) is 2. The van der Waals surface area contributed by atoms with Gasteiger partial charge in [-0.25, -0.2) is 0 Å². The summed E-state index contributed by atoms with van der Waals surface area (Å²) in [5.74, 6) is 2.36. The Labute approximate surface area is 159 Å². The van der Waals surface area contributed by atoms with Gasteiger partial charge in [0.15, 0.2) is 0 Å². The van der Waals surface area contributed by atoms with Crippen LogP contribution in [-0.2, 0) is 14.3 Å². The monoisotopic (exact) mass is 362 g/mol. The SMILES string of the molecule is CC(=O)CC[C@@]1(C)C(=O)CC[C@H]2[C@@H]3CC[C@H](OC(C)(C)C)[C@@]3(C)CC[C@@H]21. The van der Waals surface area contributed by atoms with Gasteiger partial charge in [0.2, 0.25) is 0 Å². The Bertz CT molecular complexity index is 574. The van der Waals surface area contributed by atoms with E-state index in [9.17, 15) is 9.59 Å². The first-order chi connectivity index (χ1) is 12.0. The Hall–Kier alpha value is -0.700. The normalized spacial score (nSPS) is 43.1. The molecule has 26 heavy (non-hydrogen) atoms. The molecule has 148 valence electrons. The van der Waals surface area contributed by atoms with Crippen molar-refractivity contribution >= 4 is 11.6 Å². The Morgan fingerprint density at radius 3 is 2.42 bits per heavy atom. The van der Waals surface area contributed by atoms with Crippen molar-refractivity contribution in [3.05, 3.63) is 0 Å². The van der Waals surface area contributed by atoms with Crippen molar-refractivity contribution in [1.29, 1.82) is 0 Å². The minimum Gasteiger partial charge on any atom is -0.372 e. The van der Waals surface area contributed by atoms with Crippen molar-refractivity contribution in [2.45, 2.75) is 105 Å². The molecule has 0 amide bonds. The highest BCUT2D eigenvalue weighted by molar-refractivity contribution is 5.86. The Kier molecular flexibility index (Phi) is 5.18. The molecule has 3 heteroatoms. The van der Waals surface area contributed by atoms with Crippen LogP contribution in [0.15, 0.2) is 0 Å². The van der Waals surface area contributed by atoms with E-state index in [1.807, 2.05) is 0 Å². The first-order valence-corrected chi connectivity index (χ1v) is 10.7. The highest BCUT2D eigenvalue weighted by Crippen LogP contribution is 2.63. The van der Waals surface area contributed by atoms with Gasteiger partial charge in [0, 0.05) is 18.3 Å². The van der Waals surface area contributed by atoms with E-state index in [4.69, 9.17) is 4.74 Å². The predicted molar refractivity (Wildman–Crippen MR) is 104 cm³/mol. The van der Waals surface area contributed by atoms with Crippen molar-refractivity contribution in [2.75, 3.05) is 0 Å². The van der Waals surface area contributed by atoms with E-state index in [-0.39, 0.29) is 22.2 Å². The zero-order valence-corrected chi connectivity index (χ0v) is 17.7. The summed E-state index contributed by atoms with van der Waals surface area (Å²) < 4.78 is 6.49. The third-order valence-electron chi connectivity index (χ3n) is 8.00. The largest absolute Gasteiger partial charge is 0.372 e. The summed E-state index contributed by atoms with van der Waals surface area (Å²) in [5, 5.41) is 0. The number of hydrogen-bond donors (Lipinski definition) is 0. The molecule has 0 aromatic heterocycles. The summed E-state index contributed by atoms with van der Waals surface area (Å²) in [5.41, 5.74) is -0.146. The third-order valence-corrected chi connectivity index (χ3v) is 8.00. The van der Waals surface area contributed by atoms with Crippen LogP contribution in [0.4, 0.5) is 0 Å². The molecule has 3 rings (SSSR count). The van der Waals surface area contributed by atoms with Crippen LogP contribution in [0, 0.1) is 28.6 Å². The fourth-order valence-electron chi connectivity index (χ4n) is 6.60. The fourth-order valence-corrected chi connectivity index (χ4v) is 6.60. The average molecular weight is 363 g/mol. The molecule has 3 fully saturated rings. The van der Waals surface area contributed by atoms with Gasteiger partial charge in [0.1, 0.15) is 11.6 Å². The van der Waals surface area contributed by atoms with Crippen molar-refractivity contribution in [3.63, 3.8) is 0 Å². The van der Waals surface area contributed by atoms with Gasteiger partial charge in [-0.15, -0.1) is 0 Å². The van der Waals surface area contributed by atoms with Gasteiger partial charge in [-0.3, -0.25) is 4.79 Å². The Morgan fingerprint density at radius 1 is 1.12 bits per heavy atom. The first kappa shape index (κ1) is 20.0. The fraction of sp³-hybridized carbons (Fsp3) is 0.913. The summed E-state index contributed by atoms with van der Waals surface area (Å²) >= 11 is 0. The second-order valence-corrected chi connectivity index (χ2v) is 10.8. The number of carbonyl (C=O) groups is 2. The lowest BCUT2D eigenvalue weighted by atomic mass is 9.49. The van der Waals surface area contributed by atoms with Crippen LogP contribution >= 0.6 is 0 Å². The summed E-state index contributed by atoms with van der Waals surface area (Å²) in [6.45, 7) is 12.7. The van der Waals surface area contributed by atoms with Crippen LogP contribution in [-0.4, -0.2) is 23.3 Å². The van der Waals surface area contributed by atoms with Crippen LogP contribution in [0.5, 0.6) is 0 Å². The second-order valence-electron chi connectivity index (χ2n) is 10.8. The summed E-state index contributed by atoms with van der Waals surface area (Å²) in [4.78, 5) is 24.4. The first-order valence-electron chi connectivity index (χ1n) is 10.7. The minimum atomic E-state index is -0.293. The molecule has 0 spiro atoms. The molecule has 0 heterocycles. The van der Waals surface area contributed by atoms with Crippen molar-refractivity contribution in [3.8, 4) is 0 Å². The maximum absolute atomic E-state index is 12.9. The highest BCUT2D eigenvalue weighted by atomic mass is 16.5. The van der Waals surface area contributed by atoms with Crippen LogP contribution in [0.25, 0.3) is 0 Å².